The van der Waals surface area contributed by atoms with Crippen LogP contribution in [-0.4, -0.2) is 19.1 Å². The van der Waals surface area contributed by atoms with Crippen LogP contribution < -0.4 is 5.73 Å². The zero-order valence-corrected chi connectivity index (χ0v) is 12.6. The molecule has 0 saturated carbocycles. The van der Waals surface area contributed by atoms with Gasteiger partial charge in [-0.15, -0.1) is 0 Å². The second-order valence-corrected chi connectivity index (χ2v) is 5.27. The first-order valence-electron chi connectivity index (χ1n) is 6.80. The van der Waals surface area contributed by atoms with Crippen LogP contribution >= 0.6 is 0 Å². The molecule has 3 nitrogen and oxygen atoms in total. The molecule has 0 amide bonds. The minimum atomic E-state index is -0.201. The van der Waals surface area contributed by atoms with Crippen LogP contribution in [0.2, 0.25) is 0 Å². The molecule has 0 aliphatic heterocycles. The Balaban J connectivity index is 3.21. The van der Waals surface area contributed by atoms with Crippen LogP contribution in [-0.2, 0) is 9.53 Å². The van der Waals surface area contributed by atoms with E-state index in [1.54, 1.807) is 0 Å². The van der Waals surface area contributed by atoms with Crippen molar-refractivity contribution in [1.82, 2.24) is 0 Å². The Hall–Kier alpha value is -1.35. The molecule has 0 aliphatic rings. The third-order valence-electron chi connectivity index (χ3n) is 3.71. The van der Waals surface area contributed by atoms with Crippen molar-refractivity contribution >= 4 is 5.97 Å². The summed E-state index contributed by atoms with van der Waals surface area (Å²) in [6, 6.07) is 4.27. The maximum Gasteiger partial charge on any atom is 0.306 e. The lowest BCUT2D eigenvalue weighted by Gasteiger charge is -2.26. The van der Waals surface area contributed by atoms with E-state index in [1.165, 1.54) is 29.4 Å². The number of hydrogen-bond donors (Lipinski definition) is 1. The fourth-order valence-corrected chi connectivity index (χ4v) is 2.79. The number of aryl methyl sites for hydroxylation is 3. The Labute approximate surface area is 116 Å². The number of nitrogens with two attached hydrogens (primary N) is 1. The molecule has 0 saturated heterocycles. The molecule has 2 N–H and O–H groups in total. The summed E-state index contributed by atoms with van der Waals surface area (Å²) < 4.78 is 4.81. The van der Waals surface area contributed by atoms with Gasteiger partial charge in [-0.1, -0.05) is 24.6 Å². The lowest BCUT2D eigenvalue weighted by Crippen LogP contribution is -2.30. The molecule has 0 fully saturated rings. The van der Waals surface area contributed by atoms with Gasteiger partial charge in [0.05, 0.1) is 13.5 Å². The van der Waals surface area contributed by atoms with E-state index in [0.717, 1.165) is 6.42 Å². The van der Waals surface area contributed by atoms with Crippen molar-refractivity contribution in [2.45, 2.75) is 52.5 Å². The number of rotatable bonds is 5. The van der Waals surface area contributed by atoms with E-state index in [1.807, 2.05) is 6.92 Å². The van der Waals surface area contributed by atoms with Crippen LogP contribution in [0.3, 0.4) is 0 Å². The molecule has 1 aromatic rings. The number of methoxy groups -OCH3 is 1. The third kappa shape index (κ3) is 3.80. The minimum absolute atomic E-state index is 0.0260. The van der Waals surface area contributed by atoms with Gasteiger partial charge in [-0.25, -0.2) is 0 Å². The second kappa shape index (κ2) is 6.71. The highest BCUT2D eigenvalue weighted by molar-refractivity contribution is 5.71. The second-order valence-electron chi connectivity index (χ2n) is 5.27. The molecule has 1 aromatic carbocycles. The molecule has 1 rings (SSSR count). The van der Waals surface area contributed by atoms with Gasteiger partial charge in [0, 0.05) is 12.0 Å². The molecule has 0 radical (unpaired) electrons. The Bertz CT molecular complexity index is 431. The smallest absolute Gasteiger partial charge is 0.306 e. The van der Waals surface area contributed by atoms with Gasteiger partial charge in [0.15, 0.2) is 0 Å². The van der Waals surface area contributed by atoms with Crippen LogP contribution in [0.1, 0.15) is 47.9 Å². The quantitative estimate of drug-likeness (QED) is 0.831. The van der Waals surface area contributed by atoms with Crippen molar-refractivity contribution in [3.05, 3.63) is 34.4 Å². The normalized spacial score (nSPS) is 14.0. The molecule has 0 aromatic heterocycles. The van der Waals surface area contributed by atoms with Crippen LogP contribution in [0, 0.1) is 20.8 Å². The summed E-state index contributed by atoms with van der Waals surface area (Å²) in [4.78, 5) is 11.6. The highest BCUT2D eigenvalue weighted by atomic mass is 16.5. The number of ether oxygens (including phenoxy) is 1. The van der Waals surface area contributed by atoms with Gasteiger partial charge in [-0.2, -0.15) is 0 Å². The fraction of sp³-hybridized carbons (Fsp3) is 0.562. The van der Waals surface area contributed by atoms with Crippen LogP contribution in [0.15, 0.2) is 12.1 Å². The van der Waals surface area contributed by atoms with Crippen LogP contribution in [0.4, 0.5) is 0 Å². The topological polar surface area (TPSA) is 52.3 Å². The summed E-state index contributed by atoms with van der Waals surface area (Å²) >= 11 is 0. The first-order valence-corrected chi connectivity index (χ1v) is 6.80. The molecule has 0 aliphatic carbocycles. The average molecular weight is 263 g/mol. The van der Waals surface area contributed by atoms with Gasteiger partial charge in [0.1, 0.15) is 0 Å². The maximum atomic E-state index is 11.6. The number of carbonyl (C=O) groups excluding carboxylic acids is 1. The van der Waals surface area contributed by atoms with Gasteiger partial charge < -0.3 is 10.5 Å². The largest absolute Gasteiger partial charge is 0.469 e. The van der Waals surface area contributed by atoms with Crippen molar-refractivity contribution in [1.29, 1.82) is 0 Å². The highest BCUT2D eigenvalue weighted by Gasteiger charge is 2.25. The Morgan fingerprint density at radius 2 is 1.79 bits per heavy atom. The van der Waals surface area contributed by atoms with Crippen molar-refractivity contribution in [2.24, 2.45) is 5.73 Å². The summed E-state index contributed by atoms with van der Waals surface area (Å²) in [5.74, 6) is -0.175. The molecule has 2 atom stereocenters. The summed E-state index contributed by atoms with van der Waals surface area (Å²) in [6.07, 6.45) is 1.19. The zero-order valence-electron chi connectivity index (χ0n) is 12.6. The Morgan fingerprint density at radius 3 is 2.21 bits per heavy atom. The van der Waals surface area contributed by atoms with E-state index < -0.39 is 0 Å². The molecule has 0 spiro atoms. The SMILES string of the molecule is CCC(N)C(CC(=O)OC)c1c(C)cc(C)cc1C. The van der Waals surface area contributed by atoms with E-state index in [4.69, 9.17) is 10.5 Å². The standard InChI is InChI=1S/C16H25NO2/c1-6-14(17)13(9-15(18)19-5)16-11(3)7-10(2)8-12(16)4/h7-8,13-14H,6,9,17H2,1-5H3. The number of carbonyl (C=O) groups is 1. The van der Waals surface area contributed by atoms with Gasteiger partial charge in [-0.05, 0) is 43.9 Å². The average Bonchev–Trinajstić information content (AvgIpc) is 2.35. The number of benzene rings is 1. The van der Waals surface area contributed by atoms with Gasteiger partial charge in [-0.3, -0.25) is 4.79 Å². The number of hydrogen-bond acceptors (Lipinski definition) is 3. The highest BCUT2D eigenvalue weighted by Crippen LogP contribution is 2.31. The molecular weight excluding hydrogens is 238 g/mol. The first-order chi connectivity index (χ1) is 8.90. The summed E-state index contributed by atoms with van der Waals surface area (Å²) in [6.45, 7) is 8.30. The monoisotopic (exact) mass is 263 g/mol. The maximum absolute atomic E-state index is 11.6. The van der Waals surface area contributed by atoms with Crippen molar-refractivity contribution in [3.63, 3.8) is 0 Å². The summed E-state index contributed by atoms with van der Waals surface area (Å²) in [5, 5.41) is 0. The number of esters is 1. The molecule has 0 bridgehead atoms. The van der Waals surface area contributed by atoms with Gasteiger partial charge in [0.25, 0.3) is 0 Å². The fourth-order valence-electron chi connectivity index (χ4n) is 2.79. The molecule has 19 heavy (non-hydrogen) atoms. The lowest BCUT2D eigenvalue weighted by atomic mass is 9.82. The summed E-state index contributed by atoms with van der Waals surface area (Å²) in [7, 11) is 1.42. The van der Waals surface area contributed by atoms with Crippen molar-refractivity contribution in [3.8, 4) is 0 Å². The zero-order chi connectivity index (χ0) is 14.6. The Morgan fingerprint density at radius 1 is 1.26 bits per heavy atom. The van der Waals surface area contributed by atoms with E-state index in [2.05, 4.69) is 32.9 Å². The van der Waals surface area contributed by atoms with E-state index in [0.29, 0.717) is 6.42 Å². The van der Waals surface area contributed by atoms with Crippen molar-refractivity contribution < 1.29 is 9.53 Å². The summed E-state index contributed by atoms with van der Waals surface area (Å²) in [5.41, 5.74) is 11.1. The predicted octanol–water partition coefficient (Wildman–Crippen LogP) is 3.00. The molecular formula is C16H25NO2. The molecule has 3 heteroatoms. The van der Waals surface area contributed by atoms with Gasteiger partial charge in [0.2, 0.25) is 0 Å². The third-order valence-corrected chi connectivity index (χ3v) is 3.71. The first kappa shape index (κ1) is 15.7. The van der Waals surface area contributed by atoms with Crippen LogP contribution in [0.25, 0.3) is 0 Å². The van der Waals surface area contributed by atoms with E-state index >= 15 is 0 Å². The lowest BCUT2D eigenvalue weighted by molar-refractivity contribution is -0.141. The van der Waals surface area contributed by atoms with Crippen LogP contribution in [0.5, 0.6) is 0 Å². The molecule has 0 heterocycles. The molecule has 2 unspecified atom stereocenters. The minimum Gasteiger partial charge on any atom is -0.469 e. The van der Waals surface area contributed by atoms with Gasteiger partial charge >= 0.3 is 5.97 Å². The van der Waals surface area contributed by atoms with E-state index in [-0.39, 0.29) is 17.9 Å². The molecule has 106 valence electrons. The predicted molar refractivity (Wildman–Crippen MR) is 78.3 cm³/mol. The Kier molecular flexibility index (Phi) is 5.55. The van der Waals surface area contributed by atoms with Crippen molar-refractivity contribution in [2.75, 3.05) is 7.11 Å². The van der Waals surface area contributed by atoms with E-state index in [9.17, 15) is 4.79 Å².